The van der Waals surface area contributed by atoms with Gasteiger partial charge in [0.2, 0.25) is 0 Å². The summed E-state index contributed by atoms with van der Waals surface area (Å²) in [6.07, 6.45) is 2.11. The number of ether oxygens (including phenoxy) is 1. The van der Waals surface area contributed by atoms with Crippen LogP contribution in [0.15, 0.2) is 0 Å². The van der Waals surface area contributed by atoms with E-state index in [1.807, 2.05) is 6.92 Å². The molecule has 0 amide bonds. The van der Waals surface area contributed by atoms with Crippen molar-refractivity contribution in [2.75, 3.05) is 26.2 Å². The summed E-state index contributed by atoms with van der Waals surface area (Å²) in [6.45, 7) is 5.54. The van der Waals surface area contributed by atoms with Crippen LogP contribution in [-0.4, -0.2) is 31.8 Å². The molecule has 1 rings (SSSR count). The number of nitrogens with one attached hydrogen (secondary N) is 1. The van der Waals surface area contributed by atoms with Gasteiger partial charge in [-0.3, -0.25) is 0 Å². The third-order valence-corrected chi connectivity index (χ3v) is 2.34. The Labute approximate surface area is 68.3 Å². The molecule has 1 fully saturated rings. The number of piperidine rings is 1. The van der Waals surface area contributed by atoms with Crippen LogP contribution >= 0.6 is 0 Å². The minimum atomic E-state index is -0.0139. The molecule has 66 valence electrons. The highest BCUT2D eigenvalue weighted by atomic mass is 16.5. The van der Waals surface area contributed by atoms with E-state index in [-0.39, 0.29) is 5.60 Å². The fourth-order valence-electron chi connectivity index (χ4n) is 1.60. The summed E-state index contributed by atoms with van der Waals surface area (Å²) in [6, 6.07) is 0. The van der Waals surface area contributed by atoms with Crippen molar-refractivity contribution < 1.29 is 4.74 Å². The summed E-state index contributed by atoms with van der Waals surface area (Å²) in [5.41, 5.74) is 5.66. The van der Waals surface area contributed by atoms with Gasteiger partial charge in [-0.05, 0) is 32.9 Å². The molecule has 3 nitrogen and oxygen atoms in total. The molecule has 0 aromatic rings. The molecule has 0 saturated carbocycles. The zero-order chi connectivity index (χ0) is 8.16. The second kappa shape index (κ2) is 4.04. The summed E-state index contributed by atoms with van der Waals surface area (Å²) in [5, 5.41) is 3.30. The average molecular weight is 158 g/mol. The maximum atomic E-state index is 5.67. The molecule has 0 unspecified atom stereocenters. The zero-order valence-electron chi connectivity index (χ0n) is 7.23. The van der Waals surface area contributed by atoms with Crippen LogP contribution in [0.4, 0.5) is 0 Å². The highest BCUT2D eigenvalue weighted by Crippen LogP contribution is 2.21. The van der Waals surface area contributed by atoms with Crippen molar-refractivity contribution in [3.8, 4) is 0 Å². The van der Waals surface area contributed by atoms with E-state index in [4.69, 9.17) is 10.5 Å². The summed E-state index contributed by atoms with van der Waals surface area (Å²) in [7, 11) is 0. The first-order valence-electron chi connectivity index (χ1n) is 4.38. The van der Waals surface area contributed by atoms with Crippen LogP contribution in [0.25, 0.3) is 0 Å². The summed E-state index contributed by atoms with van der Waals surface area (Å²) >= 11 is 0. The number of hydrogen-bond donors (Lipinski definition) is 2. The Morgan fingerprint density at radius 1 is 1.45 bits per heavy atom. The molecule has 0 spiro atoms. The molecule has 3 heteroatoms. The van der Waals surface area contributed by atoms with E-state index >= 15 is 0 Å². The Kier molecular flexibility index (Phi) is 3.30. The minimum Gasteiger partial charge on any atom is -0.374 e. The first-order valence-corrected chi connectivity index (χ1v) is 4.38. The van der Waals surface area contributed by atoms with Gasteiger partial charge in [-0.15, -0.1) is 0 Å². The maximum absolute atomic E-state index is 5.67. The predicted molar refractivity (Wildman–Crippen MR) is 45.5 cm³/mol. The van der Waals surface area contributed by atoms with Crippen LogP contribution in [0.2, 0.25) is 0 Å². The molecule has 0 aliphatic carbocycles. The molecule has 0 aromatic heterocycles. The lowest BCUT2D eigenvalue weighted by Crippen LogP contribution is -2.49. The first-order chi connectivity index (χ1) is 5.33. The van der Waals surface area contributed by atoms with E-state index in [0.717, 1.165) is 32.5 Å². The number of hydrogen-bond acceptors (Lipinski definition) is 3. The molecule has 1 saturated heterocycles. The van der Waals surface area contributed by atoms with Crippen LogP contribution in [0.1, 0.15) is 19.8 Å². The fraction of sp³-hybridized carbons (Fsp3) is 1.00. The zero-order valence-corrected chi connectivity index (χ0v) is 7.23. The van der Waals surface area contributed by atoms with Crippen molar-refractivity contribution >= 4 is 0 Å². The molecule has 1 aliphatic heterocycles. The predicted octanol–water partition coefficient (Wildman–Crippen LogP) is 0.104. The first kappa shape index (κ1) is 8.97. The highest BCUT2D eigenvalue weighted by molar-refractivity contribution is 4.86. The van der Waals surface area contributed by atoms with Crippen molar-refractivity contribution in [1.29, 1.82) is 0 Å². The second-order valence-corrected chi connectivity index (χ2v) is 3.07. The molecule has 0 aromatic carbocycles. The third kappa shape index (κ3) is 2.15. The van der Waals surface area contributed by atoms with Gasteiger partial charge in [0.15, 0.2) is 0 Å². The van der Waals surface area contributed by atoms with Crippen molar-refractivity contribution in [3.63, 3.8) is 0 Å². The highest BCUT2D eigenvalue weighted by Gasteiger charge is 2.30. The van der Waals surface area contributed by atoms with Gasteiger partial charge in [0.1, 0.15) is 0 Å². The van der Waals surface area contributed by atoms with Gasteiger partial charge in [0.25, 0.3) is 0 Å². The third-order valence-electron chi connectivity index (χ3n) is 2.34. The van der Waals surface area contributed by atoms with Gasteiger partial charge >= 0.3 is 0 Å². The van der Waals surface area contributed by atoms with Gasteiger partial charge < -0.3 is 15.8 Å². The van der Waals surface area contributed by atoms with Gasteiger partial charge in [-0.1, -0.05) is 0 Å². The van der Waals surface area contributed by atoms with E-state index in [2.05, 4.69) is 5.32 Å². The largest absolute Gasteiger partial charge is 0.374 e. The molecular formula is C8H18N2O. The Hall–Kier alpha value is -0.120. The molecule has 11 heavy (non-hydrogen) atoms. The lowest BCUT2D eigenvalue weighted by atomic mass is 9.92. The molecular weight excluding hydrogens is 140 g/mol. The molecule has 0 atom stereocenters. The molecule has 0 bridgehead atoms. The van der Waals surface area contributed by atoms with Crippen LogP contribution < -0.4 is 11.1 Å². The van der Waals surface area contributed by atoms with Crippen LogP contribution in [0.3, 0.4) is 0 Å². The lowest BCUT2D eigenvalue weighted by molar-refractivity contribution is -0.0525. The van der Waals surface area contributed by atoms with Crippen LogP contribution in [0.5, 0.6) is 0 Å². The lowest BCUT2D eigenvalue weighted by Gasteiger charge is -2.36. The van der Waals surface area contributed by atoms with E-state index in [1.54, 1.807) is 0 Å². The summed E-state index contributed by atoms with van der Waals surface area (Å²) in [4.78, 5) is 0. The topological polar surface area (TPSA) is 47.3 Å². The van der Waals surface area contributed by atoms with Gasteiger partial charge in [0, 0.05) is 13.2 Å². The van der Waals surface area contributed by atoms with Crippen LogP contribution in [-0.2, 0) is 4.74 Å². The monoisotopic (exact) mass is 158 g/mol. The van der Waals surface area contributed by atoms with E-state index in [1.165, 1.54) is 0 Å². The van der Waals surface area contributed by atoms with E-state index in [9.17, 15) is 0 Å². The van der Waals surface area contributed by atoms with Crippen molar-refractivity contribution in [2.45, 2.75) is 25.4 Å². The Morgan fingerprint density at radius 3 is 2.55 bits per heavy atom. The Morgan fingerprint density at radius 2 is 2.09 bits per heavy atom. The SMILES string of the molecule is CCOC1(CN)CCNCC1. The maximum Gasteiger partial charge on any atom is 0.0828 e. The minimum absolute atomic E-state index is 0.0139. The van der Waals surface area contributed by atoms with Crippen molar-refractivity contribution in [3.05, 3.63) is 0 Å². The van der Waals surface area contributed by atoms with Crippen molar-refractivity contribution in [1.82, 2.24) is 5.32 Å². The Bertz CT molecular complexity index is 105. The van der Waals surface area contributed by atoms with Gasteiger partial charge in [-0.2, -0.15) is 0 Å². The number of nitrogens with two attached hydrogens (primary N) is 1. The average Bonchev–Trinajstić information content (AvgIpc) is 2.07. The Balaban J connectivity index is 2.42. The quantitative estimate of drug-likeness (QED) is 0.612. The van der Waals surface area contributed by atoms with E-state index in [0.29, 0.717) is 6.54 Å². The second-order valence-electron chi connectivity index (χ2n) is 3.07. The van der Waals surface area contributed by atoms with E-state index < -0.39 is 0 Å². The smallest absolute Gasteiger partial charge is 0.0828 e. The number of rotatable bonds is 3. The van der Waals surface area contributed by atoms with Crippen LogP contribution in [0, 0.1) is 0 Å². The summed E-state index contributed by atoms with van der Waals surface area (Å²) < 4.78 is 5.65. The molecule has 0 radical (unpaired) electrons. The van der Waals surface area contributed by atoms with Gasteiger partial charge in [-0.25, -0.2) is 0 Å². The van der Waals surface area contributed by atoms with Gasteiger partial charge in [0.05, 0.1) is 5.60 Å². The molecule has 1 aliphatic rings. The molecule has 1 heterocycles. The van der Waals surface area contributed by atoms with Crippen molar-refractivity contribution in [2.24, 2.45) is 5.73 Å². The normalized spacial score (nSPS) is 23.5. The summed E-state index contributed by atoms with van der Waals surface area (Å²) in [5.74, 6) is 0. The molecule has 3 N–H and O–H groups in total. The standard InChI is InChI=1S/C8H18N2O/c1-2-11-8(7-9)3-5-10-6-4-8/h10H,2-7,9H2,1H3. The fourth-order valence-corrected chi connectivity index (χ4v) is 1.60.